The van der Waals surface area contributed by atoms with E-state index in [0.717, 1.165) is 23.6 Å². The number of carbonyl (C=O) groups excluding carboxylic acids is 1. The number of halogens is 2. The van der Waals surface area contributed by atoms with Gasteiger partial charge in [0.15, 0.2) is 11.6 Å². The monoisotopic (exact) mass is 320 g/mol. The van der Waals surface area contributed by atoms with Crippen molar-refractivity contribution in [1.82, 2.24) is 5.32 Å². The van der Waals surface area contributed by atoms with Crippen LogP contribution in [-0.4, -0.2) is 17.7 Å². The van der Waals surface area contributed by atoms with Crippen molar-refractivity contribution in [3.05, 3.63) is 65.2 Å². The van der Waals surface area contributed by atoms with Gasteiger partial charge in [-0.2, -0.15) is 0 Å². The molecule has 0 aliphatic carbocycles. The van der Waals surface area contributed by atoms with Crippen LogP contribution in [0.2, 0.25) is 0 Å². The normalized spacial score (nSPS) is 11.8. The molecule has 1 unspecified atom stereocenters. The molecule has 0 bridgehead atoms. The van der Waals surface area contributed by atoms with Crippen LogP contribution in [0.3, 0.4) is 0 Å². The van der Waals surface area contributed by atoms with E-state index in [0.29, 0.717) is 0 Å². The van der Waals surface area contributed by atoms with Crippen LogP contribution in [0.1, 0.15) is 24.1 Å². The average molecular weight is 320 g/mol. The maximum Gasteiger partial charge on any atom is 0.319 e. The summed E-state index contributed by atoms with van der Waals surface area (Å²) in [7, 11) is 0. The van der Waals surface area contributed by atoms with E-state index in [1.54, 1.807) is 0 Å². The molecule has 6 heteroatoms. The quantitative estimate of drug-likeness (QED) is 0.791. The van der Waals surface area contributed by atoms with Gasteiger partial charge in [-0.05, 0) is 29.7 Å². The highest BCUT2D eigenvalue weighted by Gasteiger charge is 2.15. The molecule has 0 aliphatic heterocycles. The van der Waals surface area contributed by atoms with Crippen molar-refractivity contribution in [1.29, 1.82) is 0 Å². The summed E-state index contributed by atoms with van der Waals surface area (Å²) in [5.41, 5.74) is 1.59. The third-order valence-corrected chi connectivity index (χ3v) is 3.48. The molecule has 0 aromatic heterocycles. The van der Waals surface area contributed by atoms with E-state index < -0.39 is 23.7 Å². The SMILES string of the molecule is CCc1ccc(C(CO)NC(=O)Nc2cccc(F)c2F)cc1. The number of aliphatic hydroxyl groups excluding tert-OH is 1. The zero-order valence-electron chi connectivity index (χ0n) is 12.6. The van der Waals surface area contributed by atoms with Crippen LogP contribution in [0.25, 0.3) is 0 Å². The number of rotatable bonds is 5. The summed E-state index contributed by atoms with van der Waals surface area (Å²) in [5, 5.41) is 14.2. The average Bonchev–Trinajstić information content (AvgIpc) is 2.57. The van der Waals surface area contributed by atoms with Crippen molar-refractivity contribution in [2.75, 3.05) is 11.9 Å². The van der Waals surface area contributed by atoms with Gasteiger partial charge in [0, 0.05) is 0 Å². The molecule has 0 saturated carbocycles. The largest absolute Gasteiger partial charge is 0.394 e. The molecule has 4 nitrogen and oxygen atoms in total. The van der Waals surface area contributed by atoms with Crippen LogP contribution in [0.15, 0.2) is 42.5 Å². The van der Waals surface area contributed by atoms with E-state index in [-0.39, 0.29) is 12.3 Å². The highest BCUT2D eigenvalue weighted by Crippen LogP contribution is 2.18. The van der Waals surface area contributed by atoms with Crippen molar-refractivity contribution in [3.8, 4) is 0 Å². The second-order valence-electron chi connectivity index (χ2n) is 5.03. The lowest BCUT2D eigenvalue weighted by Gasteiger charge is -2.18. The van der Waals surface area contributed by atoms with E-state index in [9.17, 15) is 18.7 Å². The third kappa shape index (κ3) is 4.26. The number of nitrogens with one attached hydrogen (secondary N) is 2. The van der Waals surface area contributed by atoms with Gasteiger partial charge in [0.25, 0.3) is 0 Å². The molecule has 2 rings (SSSR count). The highest BCUT2D eigenvalue weighted by atomic mass is 19.2. The fourth-order valence-corrected chi connectivity index (χ4v) is 2.14. The van der Waals surface area contributed by atoms with E-state index in [4.69, 9.17) is 0 Å². The van der Waals surface area contributed by atoms with Crippen molar-refractivity contribution >= 4 is 11.7 Å². The second-order valence-corrected chi connectivity index (χ2v) is 5.03. The standard InChI is InChI=1S/C17H18F2N2O2/c1-2-11-6-8-12(9-7-11)15(10-22)21-17(23)20-14-5-3-4-13(18)16(14)19/h3-9,15,22H,2,10H2,1H3,(H2,20,21,23). The molecule has 1 atom stereocenters. The number of amides is 2. The summed E-state index contributed by atoms with van der Waals surface area (Å²) in [4.78, 5) is 11.9. The minimum Gasteiger partial charge on any atom is -0.394 e. The zero-order valence-corrected chi connectivity index (χ0v) is 12.6. The molecule has 2 aromatic carbocycles. The first-order valence-electron chi connectivity index (χ1n) is 7.26. The minimum atomic E-state index is -1.13. The van der Waals surface area contributed by atoms with Crippen molar-refractivity contribution in [2.24, 2.45) is 0 Å². The molecular weight excluding hydrogens is 302 g/mol. The molecule has 2 amide bonds. The lowest BCUT2D eigenvalue weighted by atomic mass is 10.0. The third-order valence-electron chi connectivity index (χ3n) is 3.48. The van der Waals surface area contributed by atoms with Crippen LogP contribution in [0.5, 0.6) is 0 Å². The maximum absolute atomic E-state index is 13.5. The fourth-order valence-electron chi connectivity index (χ4n) is 2.14. The van der Waals surface area contributed by atoms with Gasteiger partial charge in [-0.3, -0.25) is 0 Å². The first-order valence-corrected chi connectivity index (χ1v) is 7.26. The van der Waals surface area contributed by atoms with Gasteiger partial charge in [-0.1, -0.05) is 37.3 Å². The number of hydrogen-bond acceptors (Lipinski definition) is 2. The fraction of sp³-hybridized carbons (Fsp3) is 0.235. The summed E-state index contributed by atoms with van der Waals surface area (Å²) in [5.74, 6) is -2.17. The van der Waals surface area contributed by atoms with E-state index >= 15 is 0 Å². The molecule has 0 fully saturated rings. The minimum absolute atomic E-state index is 0.263. The van der Waals surface area contributed by atoms with Crippen LogP contribution in [0, 0.1) is 11.6 Å². The Bertz CT molecular complexity index is 675. The Hall–Kier alpha value is -2.47. The van der Waals surface area contributed by atoms with Crippen molar-refractivity contribution < 1.29 is 18.7 Å². The first-order chi connectivity index (χ1) is 11.0. The molecule has 2 aromatic rings. The zero-order chi connectivity index (χ0) is 16.8. The number of anilines is 1. The van der Waals surface area contributed by atoms with Crippen LogP contribution in [0.4, 0.5) is 19.3 Å². The highest BCUT2D eigenvalue weighted by molar-refractivity contribution is 5.89. The number of carbonyl (C=O) groups is 1. The van der Waals surface area contributed by atoms with Crippen molar-refractivity contribution in [3.63, 3.8) is 0 Å². The maximum atomic E-state index is 13.5. The van der Waals surface area contributed by atoms with Gasteiger partial charge in [0.2, 0.25) is 0 Å². The number of hydrogen-bond donors (Lipinski definition) is 3. The van der Waals surface area contributed by atoms with Gasteiger partial charge >= 0.3 is 6.03 Å². The molecule has 23 heavy (non-hydrogen) atoms. The summed E-state index contributed by atoms with van der Waals surface area (Å²) >= 11 is 0. The Labute approximate surface area is 133 Å². The van der Waals surface area contributed by atoms with Crippen molar-refractivity contribution in [2.45, 2.75) is 19.4 Å². The second kappa shape index (κ2) is 7.69. The Morgan fingerprint density at radius 2 is 1.87 bits per heavy atom. The Kier molecular flexibility index (Phi) is 5.65. The molecule has 3 N–H and O–H groups in total. The summed E-state index contributed by atoms with van der Waals surface area (Å²) in [6, 6.07) is 9.57. The van der Waals surface area contributed by atoms with E-state index in [1.807, 2.05) is 31.2 Å². The molecule has 0 saturated heterocycles. The molecule has 0 radical (unpaired) electrons. The molecule has 122 valence electrons. The Balaban J connectivity index is 2.05. The van der Waals surface area contributed by atoms with Gasteiger partial charge in [0.05, 0.1) is 18.3 Å². The first kappa shape index (κ1) is 16.9. The number of benzene rings is 2. The number of aryl methyl sites for hydroxylation is 1. The van der Waals surface area contributed by atoms with Gasteiger partial charge in [-0.15, -0.1) is 0 Å². The van der Waals surface area contributed by atoms with Gasteiger partial charge in [0.1, 0.15) is 0 Å². The van der Waals surface area contributed by atoms with Crippen LogP contribution < -0.4 is 10.6 Å². The van der Waals surface area contributed by atoms with E-state index in [1.165, 1.54) is 12.1 Å². The Morgan fingerprint density at radius 1 is 1.17 bits per heavy atom. The lowest BCUT2D eigenvalue weighted by molar-refractivity contribution is 0.225. The van der Waals surface area contributed by atoms with E-state index in [2.05, 4.69) is 10.6 Å². The lowest BCUT2D eigenvalue weighted by Crippen LogP contribution is -2.34. The summed E-state index contributed by atoms with van der Waals surface area (Å²) in [6.07, 6.45) is 0.886. The number of urea groups is 1. The van der Waals surface area contributed by atoms with Gasteiger partial charge in [-0.25, -0.2) is 13.6 Å². The molecular formula is C17H18F2N2O2. The summed E-state index contributed by atoms with van der Waals surface area (Å²) in [6.45, 7) is 1.71. The van der Waals surface area contributed by atoms with Crippen LogP contribution in [-0.2, 0) is 6.42 Å². The van der Waals surface area contributed by atoms with Crippen LogP contribution >= 0.6 is 0 Å². The predicted molar refractivity (Wildman–Crippen MR) is 84.2 cm³/mol. The van der Waals surface area contributed by atoms with Gasteiger partial charge < -0.3 is 15.7 Å². The predicted octanol–water partition coefficient (Wildman–Crippen LogP) is 3.38. The molecule has 0 aliphatic rings. The molecule has 0 heterocycles. The molecule has 0 spiro atoms. The Morgan fingerprint density at radius 3 is 2.48 bits per heavy atom. The topological polar surface area (TPSA) is 61.4 Å². The smallest absolute Gasteiger partial charge is 0.319 e. The summed E-state index contributed by atoms with van der Waals surface area (Å²) < 4.78 is 26.6. The number of aliphatic hydroxyl groups is 1.